The maximum Gasteiger partial charge on any atom is 0.296 e. The van der Waals surface area contributed by atoms with Crippen molar-refractivity contribution in [1.82, 2.24) is 29.5 Å². The largest absolute Gasteiger partial charge is 0.494 e. The second-order valence-corrected chi connectivity index (χ2v) is 7.49. The first-order valence-corrected chi connectivity index (χ1v) is 10.8. The van der Waals surface area contributed by atoms with Crippen LogP contribution >= 0.6 is 0 Å². The van der Waals surface area contributed by atoms with Gasteiger partial charge in [-0.25, -0.2) is 13.8 Å². The number of rotatable bonds is 7. The first-order valence-electron chi connectivity index (χ1n) is 10.8. The molecule has 11 nitrogen and oxygen atoms in total. The van der Waals surface area contributed by atoms with Crippen molar-refractivity contribution in [2.75, 3.05) is 50.7 Å². The molecule has 4 heterocycles. The lowest BCUT2D eigenvalue weighted by molar-refractivity contribution is 0.122. The summed E-state index contributed by atoms with van der Waals surface area (Å²) in [5.41, 5.74) is 1.16. The lowest BCUT2D eigenvalue weighted by Crippen LogP contribution is -2.37. The number of pyridine rings is 1. The van der Waals surface area contributed by atoms with Crippen LogP contribution in [0.1, 0.15) is 12.2 Å². The van der Waals surface area contributed by atoms with E-state index in [4.69, 9.17) is 14.2 Å². The number of imidazole rings is 1. The van der Waals surface area contributed by atoms with Crippen LogP contribution in [0.4, 0.5) is 26.4 Å². The fraction of sp³-hybridized carbons (Fsp3) is 0.318. The third kappa shape index (κ3) is 4.37. The van der Waals surface area contributed by atoms with Crippen molar-refractivity contribution in [2.45, 2.75) is 6.43 Å². The standard InChI is InChI=1S/C22H22F2N8O3/c1-33-15-6-7-25-12-13(15)26-20-28-21(31-8-10-35-11-9-31)30-22(29-20)32-14-4-3-5-16(34-2)17(14)27-19(32)18(23)24/h3-7,12,18H,8-11H2,1-2H3,(H,26,28,29,30). The molecular formula is C22H22F2N8O3. The molecular weight excluding hydrogens is 462 g/mol. The van der Waals surface area contributed by atoms with Crippen molar-refractivity contribution in [3.8, 4) is 17.4 Å². The zero-order valence-electron chi connectivity index (χ0n) is 19.0. The van der Waals surface area contributed by atoms with Crippen LogP contribution in [-0.4, -0.2) is 70.0 Å². The fourth-order valence-corrected chi connectivity index (χ4v) is 3.80. The Morgan fingerprint density at radius 2 is 1.74 bits per heavy atom. The van der Waals surface area contributed by atoms with Crippen molar-refractivity contribution in [3.63, 3.8) is 0 Å². The van der Waals surface area contributed by atoms with Gasteiger partial charge in [0.05, 0.1) is 39.1 Å². The first kappa shape index (κ1) is 22.7. The summed E-state index contributed by atoms with van der Waals surface area (Å²) in [6, 6.07) is 6.69. The van der Waals surface area contributed by atoms with Gasteiger partial charge in [-0.2, -0.15) is 15.0 Å². The third-order valence-corrected chi connectivity index (χ3v) is 5.44. The molecule has 0 atom stereocenters. The van der Waals surface area contributed by atoms with Gasteiger partial charge in [0.1, 0.15) is 22.7 Å². The number of alkyl halides is 2. The molecule has 3 aromatic heterocycles. The van der Waals surface area contributed by atoms with Gasteiger partial charge >= 0.3 is 0 Å². The van der Waals surface area contributed by atoms with E-state index in [0.29, 0.717) is 55.0 Å². The molecule has 1 aromatic carbocycles. The minimum Gasteiger partial charge on any atom is -0.494 e. The summed E-state index contributed by atoms with van der Waals surface area (Å²) in [6.07, 6.45) is 0.256. The molecule has 1 fully saturated rings. The summed E-state index contributed by atoms with van der Waals surface area (Å²) < 4.78 is 45.6. The summed E-state index contributed by atoms with van der Waals surface area (Å²) in [7, 11) is 2.98. The van der Waals surface area contributed by atoms with Crippen LogP contribution in [0.2, 0.25) is 0 Å². The van der Waals surface area contributed by atoms with Crippen molar-refractivity contribution < 1.29 is 23.0 Å². The SMILES string of the molecule is COc1ccncc1Nc1nc(N2CCOCC2)nc(-n2c(C(F)F)nc3c(OC)cccc32)n1. The third-order valence-electron chi connectivity index (χ3n) is 5.44. The van der Waals surface area contributed by atoms with Gasteiger partial charge in [-0.1, -0.05) is 6.07 Å². The molecule has 0 aliphatic carbocycles. The van der Waals surface area contributed by atoms with E-state index in [1.807, 2.05) is 4.90 Å². The summed E-state index contributed by atoms with van der Waals surface area (Å²) in [6.45, 7) is 2.07. The second kappa shape index (κ2) is 9.62. The summed E-state index contributed by atoms with van der Waals surface area (Å²) in [5.74, 6) is 0.804. The number of morpholine rings is 1. The number of nitrogens with one attached hydrogen (secondary N) is 1. The minimum atomic E-state index is -2.88. The molecule has 0 saturated carbocycles. The molecule has 1 saturated heterocycles. The van der Waals surface area contributed by atoms with Crippen molar-refractivity contribution in [3.05, 3.63) is 42.5 Å². The topological polar surface area (TPSA) is 112 Å². The Hall–Kier alpha value is -4.13. The molecule has 1 N–H and O–H groups in total. The number of hydrogen-bond acceptors (Lipinski definition) is 10. The molecule has 0 unspecified atom stereocenters. The van der Waals surface area contributed by atoms with Crippen LogP contribution in [0.5, 0.6) is 11.5 Å². The number of benzene rings is 1. The predicted octanol–water partition coefficient (Wildman–Crippen LogP) is 3.14. The summed E-state index contributed by atoms with van der Waals surface area (Å²) in [5, 5.41) is 3.07. The summed E-state index contributed by atoms with van der Waals surface area (Å²) in [4.78, 5) is 23.7. The number of fused-ring (bicyclic) bond motifs is 1. The number of methoxy groups -OCH3 is 2. The number of ether oxygens (including phenoxy) is 3. The molecule has 13 heteroatoms. The fourth-order valence-electron chi connectivity index (χ4n) is 3.80. The first-order chi connectivity index (χ1) is 17.1. The van der Waals surface area contributed by atoms with Crippen LogP contribution < -0.4 is 19.7 Å². The normalized spacial score (nSPS) is 13.9. The molecule has 182 valence electrons. The zero-order chi connectivity index (χ0) is 24.4. The molecule has 0 bridgehead atoms. The average molecular weight is 484 g/mol. The maximum absolute atomic E-state index is 14.1. The zero-order valence-corrected chi connectivity index (χ0v) is 19.0. The van der Waals surface area contributed by atoms with Crippen LogP contribution in [-0.2, 0) is 4.74 Å². The number of halogens is 2. The second-order valence-electron chi connectivity index (χ2n) is 7.49. The molecule has 1 aliphatic rings. The van der Waals surface area contributed by atoms with Gasteiger partial charge in [0.15, 0.2) is 5.82 Å². The quantitative estimate of drug-likeness (QED) is 0.420. The Bertz CT molecular complexity index is 1340. The Kier molecular flexibility index (Phi) is 6.23. The van der Waals surface area contributed by atoms with Gasteiger partial charge in [0.25, 0.3) is 6.43 Å². The van der Waals surface area contributed by atoms with E-state index in [-0.39, 0.29) is 17.4 Å². The van der Waals surface area contributed by atoms with Gasteiger partial charge in [-0.3, -0.25) is 9.55 Å². The van der Waals surface area contributed by atoms with Crippen molar-refractivity contribution in [2.24, 2.45) is 0 Å². The van der Waals surface area contributed by atoms with E-state index in [1.54, 1.807) is 36.7 Å². The van der Waals surface area contributed by atoms with E-state index >= 15 is 0 Å². The maximum atomic E-state index is 14.1. The van der Waals surface area contributed by atoms with Gasteiger partial charge < -0.3 is 24.4 Å². The van der Waals surface area contributed by atoms with E-state index < -0.39 is 12.2 Å². The number of aromatic nitrogens is 6. The van der Waals surface area contributed by atoms with E-state index in [1.165, 1.54) is 18.8 Å². The molecule has 35 heavy (non-hydrogen) atoms. The molecule has 4 aromatic rings. The monoisotopic (exact) mass is 484 g/mol. The van der Waals surface area contributed by atoms with Crippen molar-refractivity contribution >= 4 is 28.6 Å². The highest BCUT2D eigenvalue weighted by atomic mass is 19.3. The Morgan fingerprint density at radius 3 is 2.49 bits per heavy atom. The van der Waals surface area contributed by atoms with Gasteiger partial charge in [0.2, 0.25) is 17.8 Å². The van der Waals surface area contributed by atoms with Crippen LogP contribution in [0, 0.1) is 0 Å². The molecule has 5 rings (SSSR count). The number of anilines is 3. The lowest BCUT2D eigenvalue weighted by Gasteiger charge is -2.27. The van der Waals surface area contributed by atoms with Crippen LogP contribution in [0.25, 0.3) is 17.0 Å². The Morgan fingerprint density at radius 1 is 0.971 bits per heavy atom. The molecule has 1 aliphatic heterocycles. The number of nitrogens with zero attached hydrogens (tertiary/aromatic N) is 7. The lowest BCUT2D eigenvalue weighted by atomic mass is 10.3. The molecule has 0 amide bonds. The Labute approximate surface area is 198 Å². The smallest absolute Gasteiger partial charge is 0.296 e. The van der Waals surface area contributed by atoms with Gasteiger partial charge in [-0.05, 0) is 12.1 Å². The molecule has 0 spiro atoms. The predicted molar refractivity (Wildman–Crippen MR) is 123 cm³/mol. The average Bonchev–Trinajstić information content (AvgIpc) is 3.30. The van der Waals surface area contributed by atoms with E-state index in [2.05, 4.69) is 30.2 Å². The van der Waals surface area contributed by atoms with Gasteiger partial charge in [-0.15, -0.1) is 0 Å². The highest BCUT2D eigenvalue weighted by Gasteiger charge is 2.26. The summed E-state index contributed by atoms with van der Waals surface area (Å²) >= 11 is 0. The highest BCUT2D eigenvalue weighted by Crippen LogP contribution is 2.33. The number of hydrogen-bond donors (Lipinski definition) is 1. The van der Waals surface area contributed by atoms with Crippen LogP contribution in [0.15, 0.2) is 36.7 Å². The van der Waals surface area contributed by atoms with Crippen molar-refractivity contribution in [1.29, 1.82) is 0 Å². The Balaban J connectivity index is 1.69. The molecule has 0 radical (unpaired) electrons. The van der Waals surface area contributed by atoms with Gasteiger partial charge in [0, 0.05) is 25.4 Å². The van der Waals surface area contributed by atoms with E-state index in [0.717, 1.165) is 0 Å². The highest BCUT2D eigenvalue weighted by molar-refractivity contribution is 5.84. The minimum absolute atomic E-state index is 0.0158. The van der Waals surface area contributed by atoms with E-state index in [9.17, 15) is 8.78 Å². The van der Waals surface area contributed by atoms with Crippen LogP contribution in [0.3, 0.4) is 0 Å². The number of para-hydroxylation sites is 1.